The Morgan fingerprint density at radius 2 is 1.69 bits per heavy atom. The van der Waals surface area contributed by atoms with E-state index < -0.39 is 6.23 Å². The number of hydrogen-bond acceptors (Lipinski definition) is 4. The fraction of sp³-hybridized carbons (Fsp3) is 0.441. The molecule has 2 atom stereocenters. The first-order valence-corrected chi connectivity index (χ1v) is 15.4. The van der Waals surface area contributed by atoms with E-state index in [9.17, 15) is 9.90 Å². The highest BCUT2D eigenvalue weighted by atomic mass is 35.5. The molecule has 42 heavy (non-hydrogen) atoms. The number of piperidine rings is 1. The summed E-state index contributed by atoms with van der Waals surface area (Å²) in [7, 11) is 1.88. The van der Waals surface area contributed by atoms with Gasteiger partial charge in [-0.05, 0) is 86.4 Å². The smallest absolute Gasteiger partial charge is 0.226 e. The Balaban J connectivity index is 0.00000484. The fourth-order valence-corrected chi connectivity index (χ4v) is 5.94. The normalized spacial score (nSPS) is 15.6. The predicted molar refractivity (Wildman–Crippen MR) is 175 cm³/mol. The number of aliphatic hydroxyl groups excluding tert-OH is 1. The van der Waals surface area contributed by atoms with E-state index in [0.29, 0.717) is 28.9 Å². The van der Waals surface area contributed by atoms with Crippen LogP contribution in [0.15, 0.2) is 72.8 Å². The third-order valence-corrected chi connectivity index (χ3v) is 8.72. The van der Waals surface area contributed by atoms with Gasteiger partial charge in [-0.2, -0.15) is 0 Å². The Morgan fingerprint density at radius 1 is 0.976 bits per heavy atom. The zero-order chi connectivity index (χ0) is 29.4. The van der Waals surface area contributed by atoms with Gasteiger partial charge in [0.05, 0.1) is 22.6 Å². The second-order valence-electron chi connectivity index (χ2n) is 11.5. The van der Waals surface area contributed by atoms with Crippen LogP contribution in [0, 0.1) is 5.92 Å². The second kappa shape index (κ2) is 16.5. The van der Waals surface area contributed by atoms with Crippen molar-refractivity contribution >= 4 is 41.5 Å². The average molecular weight is 634 g/mol. The first-order chi connectivity index (χ1) is 19.7. The lowest BCUT2D eigenvalue weighted by atomic mass is 9.85. The van der Waals surface area contributed by atoms with Crippen molar-refractivity contribution in [1.82, 2.24) is 9.80 Å². The van der Waals surface area contributed by atoms with Gasteiger partial charge >= 0.3 is 0 Å². The molecule has 1 heterocycles. The number of hydrogen-bond donors (Lipinski definition) is 1. The van der Waals surface area contributed by atoms with Crippen molar-refractivity contribution in [2.24, 2.45) is 5.92 Å². The van der Waals surface area contributed by atoms with Gasteiger partial charge in [0.1, 0.15) is 12.0 Å². The molecule has 3 aromatic carbocycles. The number of rotatable bonds is 12. The largest absolute Gasteiger partial charge is 0.491 e. The number of carbonyl (C=O) groups excluding carboxylic acids is 1. The molecule has 0 bridgehead atoms. The molecule has 0 saturated carbocycles. The van der Waals surface area contributed by atoms with Gasteiger partial charge in [-0.1, -0.05) is 71.7 Å². The molecule has 1 N–H and O–H groups in total. The average Bonchev–Trinajstić information content (AvgIpc) is 2.96. The molecule has 1 saturated heterocycles. The molecular weight excluding hydrogens is 591 g/mol. The van der Waals surface area contributed by atoms with Crippen molar-refractivity contribution in [3.05, 3.63) is 99.5 Å². The first-order valence-electron chi connectivity index (χ1n) is 14.6. The van der Waals surface area contributed by atoms with Crippen molar-refractivity contribution in [3.8, 4) is 5.75 Å². The minimum atomic E-state index is -0.557. The molecule has 2 unspecified atom stereocenters. The Hall–Kier alpha value is -2.28. The molecule has 0 spiro atoms. The lowest BCUT2D eigenvalue weighted by Gasteiger charge is -2.36. The van der Waals surface area contributed by atoms with E-state index in [1.54, 1.807) is 0 Å². The van der Waals surface area contributed by atoms with E-state index in [4.69, 9.17) is 27.9 Å². The predicted octanol–water partition coefficient (Wildman–Crippen LogP) is 8.17. The number of aliphatic hydroxyl groups is 1. The third kappa shape index (κ3) is 9.89. The highest BCUT2D eigenvalue weighted by Gasteiger charge is 2.26. The van der Waals surface area contributed by atoms with Crippen LogP contribution in [-0.4, -0.2) is 53.6 Å². The highest BCUT2D eigenvalue weighted by Crippen LogP contribution is 2.33. The van der Waals surface area contributed by atoms with Crippen LogP contribution in [0.5, 0.6) is 5.75 Å². The van der Waals surface area contributed by atoms with Crippen LogP contribution in [0.4, 0.5) is 0 Å². The van der Waals surface area contributed by atoms with Gasteiger partial charge in [0.15, 0.2) is 0 Å². The Kier molecular flexibility index (Phi) is 13.5. The lowest BCUT2D eigenvalue weighted by Crippen LogP contribution is -2.37. The summed E-state index contributed by atoms with van der Waals surface area (Å²) in [6, 6.07) is 23.5. The highest BCUT2D eigenvalue weighted by molar-refractivity contribution is 6.42. The molecule has 3 aromatic rings. The van der Waals surface area contributed by atoms with Gasteiger partial charge in [0.2, 0.25) is 5.91 Å². The SMILES string of the molecule is CC(C)Oc1cccc(CC(=O)N(C)CC(CCC2CCN(C(O)c3ccccc3)CC2)c2ccc(Cl)c(Cl)c2)c1.Cl. The summed E-state index contributed by atoms with van der Waals surface area (Å²) in [5, 5.41) is 11.9. The molecule has 0 aromatic heterocycles. The van der Waals surface area contributed by atoms with Crippen LogP contribution < -0.4 is 4.74 Å². The summed E-state index contributed by atoms with van der Waals surface area (Å²) >= 11 is 12.6. The Bertz CT molecular complexity index is 1270. The monoisotopic (exact) mass is 632 g/mol. The zero-order valence-corrected chi connectivity index (χ0v) is 27.0. The van der Waals surface area contributed by atoms with E-state index in [0.717, 1.165) is 61.2 Å². The van der Waals surface area contributed by atoms with Crippen molar-refractivity contribution in [2.45, 2.75) is 64.2 Å². The summed E-state index contributed by atoms with van der Waals surface area (Å²) in [6.45, 7) is 6.33. The Labute approximate surface area is 267 Å². The molecule has 0 aliphatic carbocycles. The number of halogens is 3. The number of amides is 1. The lowest BCUT2D eigenvalue weighted by molar-refractivity contribution is -0.129. The maximum Gasteiger partial charge on any atom is 0.226 e. The molecule has 1 amide bonds. The Morgan fingerprint density at radius 3 is 2.36 bits per heavy atom. The first kappa shape index (κ1) is 34.2. The molecule has 8 heteroatoms. The van der Waals surface area contributed by atoms with Gasteiger partial charge in [-0.15, -0.1) is 12.4 Å². The van der Waals surface area contributed by atoms with Gasteiger partial charge < -0.3 is 14.7 Å². The molecular formula is C34H43Cl3N2O3. The standard InChI is InChI=1S/C34H42Cl2N2O3.ClH/c1-24(2)41-30-11-7-8-26(20-30)21-33(39)37(3)23-29(28-14-15-31(35)32(36)22-28)13-12-25-16-18-38(19-17-25)34(40)27-9-5-4-6-10-27;/h4-11,14-15,20,22,24-25,29,34,40H,12-13,16-19,21,23H2,1-3H3;1H. The van der Waals surface area contributed by atoms with Crippen molar-refractivity contribution in [1.29, 1.82) is 0 Å². The number of benzene rings is 3. The summed E-state index contributed by atoms with van der Waals surface area (Å²) in [5.41, 5.74) is 2.98. The third-order valence-electron chi connectivity index (χ3n) is 7.98. The zero-order valence-electron chi connectivity index (χ0n) is 24.7. The maximum atomic E-state index is 13.3. The van der Waals surface area contributed by atoms with E-state index >= 15 is 0 Å². The summed E-state index contributed by atoms with van der Waals surface area (Å²) in [5.74, 6) is 1.57. The summed E-state index contributed by atoms with van der Waals surface area (Å²) in [6.07, 6.45) is 3.93. The van der Waals surface area contributed by atoms with E-state index in [2.05, 4.69) is 4.90 Å². The van der Waals surface area contributed by atoms with Crippen LogP contribution in [0.1, 0.15) is 68.4 Å². The van der Waals surface area contributed by atoms with Crippen LogP contribution >= 0.6 is 35.6 Å². The molecule has 0 radical (unpaired) electrons. The minimum Gasteiger partial charge on any atom is -0.491 e. The van der Waals surface area contributed by atoms with E-state index in [1.165, 1.54) is 0 Å². The topological polar surface area (TPSA) is 53.0 Å². The van der Waals surface area contributed by atoms with Crippen molar-refractivity contribution < 1.29 is 14.6 Å². The van der Waals surface area contributed by atoms with Gasteiger partial charge in [-0.3, -0.25) is 9.69 Å². The molecule has 5 nitrogen and oxygen atoms in total. The maximum absolute atomic E-state index is 13.3. The molecule has 4 rings (SSSR count). The number of carbonyl (C=O) groups is 1. The van der Waals surface area contributed by atoms with Crippen LogP contribution in [0.3, 0.4) is 0 Å². The van der Waals surface area contributed by atoms with Crippen LogP contribution in [-0.2, 0) is 11.2 Å². The number of nitrogens with zero attached hydrogens (tertiary/aromatic N) is 2. The van der Waals surface area contributed by atoms with Crippen LogP contribution in [0.2, 0.25) is 10.0 Å². The quantitative estimate of drug-likeness (QED) is 0.219. The fourth-order valence-electron chi connectivity index (χ4n) is 5.63. The van der Waals surface area contributed by atoms with E-state index in [1.807, 2.05) is 98.6 Å². The molecule has 228 valence electrons. The summed E-state index contributed by atoms with van der Waals surface area (Å²) in [4.78, 5) is 17.3. The molecule has 1 aliphatic heterocycles. The van der Waals surface area contributed by atoms with Gasteiger partial charge in [0, 0.05) is 32.6 Å². The van der Waals surface area contributed by atoms with Gasteiger partial charge in [-0.25, -0.2) is 0 Å². The summed E-state index contributed by atoms with van der Waals surface area (Å²) < 4.78 is 5.81. The van der Waals surface area contributed by atoms with Crippen LogP contribution in [0.25, 0.3) is 0 Å². The number of likely N-dealkylation sites (tertiary alicyclic amines) is 1. The molecule has 1 aliphatic rings. The number of likely N-dealkylation sites (N-methyl/N-ethyl adjacent to an activating group) is 1. The molecule has 1 fully saturated rings. The van der Waals surface area contributed by atoms with Crippen molar-refractivity contribution in [2.75, 3.05) is 26.7 Å². The van der Waals surface area contributed by atoms with E-state index in [-0.39, 0.29) is 30.3 Å². The second-order valence-corrected chi connectivity index (χ2v) is 12.3. The van der Waals surface area contributed by atoms with Crippen molar-refractivity contribution in [3.63, 3.8) is 0 Å². The number of ether oxygens (including phenoxy) is 1. The van der Waals surface area contributed by atoms with Gasteiger partial charge in [0.25, 0.3) is 0 Å². The minimum absolute atomic E-state index is 0.